The molecular weight excluding hydrogens is 232 g/mol. The highest BCUT2D eigenvalue weighted by molar-refractivity contribution is 7.15. The summed E-state index contributed by atoms with van der Waals surface area (Å²) >= 11 is 1.76. The van der Waals surface area contributed by atoms with Gasteiger partial charge in [0, 0.05) is 11.4 Å². The van der Waals surface area contributed by atoms with Gasteiger partial charge < -0.3 is 9.73 Å². The molecule has 3 nitrogen and oxygen atoms in total. The maximum atomic E-state index is 5.51. The van der Waals surface area contributed by atoms with E-state index in [0.29, 0.717) is 0 Å². The van der Waals surface area contributed by atoms with E-state index in [-0.39, 0.29) is 0 Å². The lowest BCUT2D eigenvalue weighted by Gasteiger charge is -2.00. The molecule has 2 heterocycles. The van der Waals surface area contributed by atoms with E-state index in [1.54, 1.807) is 11.3 Å². The first-order valence-electron chi connectivity index (χ1n) is 5.92. The third-order valence-corrected chi connectivity index (χ3v) is 3.90. The molecular formula is C13H18N2OS. The summed E-state index contributed by atoms with van der Waals surface area (Å²) in [6.45, 7) is 8.20. The van der Waals surface area contributed by atoms with Crippen molar-refractivity contribution in [1.82, 2.24) is 10.3 Å². The van der Waals surface area contributed by atoms with Crippen LogP contribution in [0.5, 0.6) is 0 Å². The maximum Gasteiger partial charge on any atom is 0.181 e. The number of aromatic nitrogens is 1. The summed E-state index contributed by atoms with van der Waals surface area (Å²) in [6, 6.07) is 2.17. The van der Waals surface area contributed by atoms with E-state index in [9.17, 15) is 0 Å². The number of nitrogens with zero attached hydrogens (tertiary/aromatic N) is 1. The van der Waals surface area contributed by atoms with Crippen LogP contribution in [0.25, 0.3) is 10.6 Å². The molecule has 0 aliphatic heterocycles. The zero-order valence-electron chi connectivity index (χ0n) is 10.5. The lowest BCUT2D eigenvalue weighted by Crippen LogP contribution is -2.14. The minimum absolute atomic E-state index is 0.773. The molecule has 0 spiro atoms. The van der Waals surface area contributed by atoms with Crippen molar-refractivity contribution in [3.05, 3.63) is 28.6 Å². The van der Waals surface area contributed by atoms with Crippen LogP contribution in [0.15, 0.2) is 16.9 Å². The van der Waals surface area contributed by atoms with Crippen LogP contribution in [0.2, 0.25) is 0 Å². The monoisotopic (exact) mass is 250 g/mol. The average molecular weight is 250 g/mol. The SMILES string of the molecule is CCCNCc1ncoc1-c1cc(C)c(C)s1. The molecule has 0 aliphatic carbocycles. The van der Waals surface area contributed by atoms with E-state index >= 15 is 0 Å². The van der Waals surface area contributed by atoms with Crippen LogP contribution in [-0.4, -0.2) is 11.5 Å². The average Bonchev–Trinajstić information content (AvgIpc) is 2.87. The molecule has 17 heavy (non-hydrogen) atoms. The van der Waals surface area contributed by atoms with Gasteiger partial charge in [0.1, 0.15) is 5.69 Å². The van der Waals surface area contributed by atoms with E-state index in [1.165, 1.54) is 21.7 Å². The first kappa shape index (κ1) is 12.3. The van der Waals surface area contributed by atoms with E-state index in [0.717, 1.165) is 31.0 Å². The highest BCUT2D eigenvalue weighted by Gasteiger charge is 2.13. The van der Waals surface area contributed by atoms with E-state index in [2.05, 4.69) is 37.1 Å². The molecule has 0 amide bonds. The third kappa shape index (κ3) is 2.76. The highest BCUT2D eigenvalue weighted by Crippen LogP contribution is 2.32. The molecule has 1 N–H and O–H groups in total. The second kappa shape index (κ2) is 5.47. The molecule has 2 aromatic rings. The van der Waals surface area contributed by atoms with Crippen LogP contribution in [0.1, 0.15) is 29.5 Å². The van der Waals surface area contributed by atoms with Crippen LogP contribution < -0.4 is 5.32 Å². The predicted molar refractivity (Wildman–Crippen MR) is 71.3 cm³/mol. The maximum absolute atomic E-state index is 5.51. The van der Waals surface area contributed by atoms with E-state index in [1.807, 2.05) is 0 Å². The van der Waals surface area contributed by atoms with E-state index < -0.39 is 0 Å². The Kier molecular flexibility index (Phi) is 3.97. The number of oxazole rings is 1. The Hall–Kier alpha value is -1.13. The second-order valence-electron chi connectivity index (χ2n) is 4.15. The summed E-state index contributed by atoms with van der Waals surface area (Å²) in [4.78, 5) is 6.79. The Morgan fingerprint density at radius 2 is 2.24 bits per heavy atom. The van der Waals surface area contributed by atoms with Gasteiger partial charge in [0.2, 0.25) is 0 Å². The minimum atomic E-state index is 0.773. The van der Waals surface area contributed by atoms with Crippen molar-refractivity contribution in [3.8, 4) is 10.6 Å². The molecule has 0 saturated carbocycles. The first-order valence-corrected chi connectivity index (χ1v) is 6.74. The molecule has 4 heteroatoms. The number of thiophene rings is 1. The molecule has 2 aromatic heterocycles. The molecule has 0 aromatic carbocycles. The normalized spacial score (nSPS) is 11.0. The van der Waals surface area contributed by atoms with Crippen molar-refractivity contribution in [2.24, 2.45) is 0 Å². The Morgan fingerprint density at radius 1 is 1.41 bits per heavy atom. The van der Waals surface area contributed by atoms with Gasteiger partial charge in [-0.05, 0) is 38.4 Å². The minimum Gasteiger partial charge on any atom is -0.442 e. The van der Waals surface area contributed by atoms with Gasteiger partial charge in [0.15, 0.2) is 12.2 Å². The number of aryl methyl sites for hydroxylation is 2. The summed E-state index contributed by atoms with van der Waals surface area (Å²) in [7, 11) is 0. The van der Waals surface area contributed by atoms with Crippen molar-refractivity contribution < 1.29 is 4.42 Å². The molecule has 0 bridgehead atoms. The van der Waals surface area contributed by atoms with Gasteiger partial charge in [-0.2, -0.15) is 0 Å². The molecule has 0 unspecified atom stereocenters. The van der Waals surface area contributed by atoms with Crippen molar-refractivity contribution >= 4 is 11.3 Å². The molecule has 0 radical (unpaired) electrons. The fourth-order valence-corrected chi connectivity index (χ4v) is 2.71. The van der Waals surface area contributed by atoms with Gasteiger partial charge in [-0.3, -0.25) is 0 Å². The summed E-state index contributed by atoms with van der Waals surface area (Å²) in [5.74, 6) is 0.912. The summed E-state index contributed by atoms with van der Waals surface area (Å²) in [5.41, 5.74) is 2.31. The van der Waals surface area contributed by atoms with Crippen molar-refractivity contribution in [2.45, 2.75) is 33.7 Å². The number of hydrogen-bond donors (Lipinski definition) is 1. The van der Waals surface area contributed by atoms with Gasteiger partial charge >= 0.3 is 0 Å². The largest absolute Gasteiger partial charge is 0.442 e. The molecule has 0 aliphatic rings. The molecule has 0 saturated heterocycles. The predicted octanol–water partition coefficient (Wildman–Crippen LogP) is 3.52. The number of nitrogens with one attached hydrogen (secondary N) is 1. The van der Waals surface area contributed by atoms with Crippen molar-refractivity contribution in [3.63, 3.8) is 0 Å². The Labute approximate surface area is 106 Å². The fourth-order valence-electron chi connectivity index (χ4n) is 1.66. The third-order valence-electron chi connectivity index (χ3n) is 2.75. The van der Waals surface area contributed by atoms with Crippen LogP contribution in [-0.2, 0) is 6.54 Å². The van der Waals surface area contributed by atoms with Gasteiger partial charge in [0.25, 0.3) is 0 Å². The molecule has 0 fully saturated rings. The topological polar surface area (TPSA) is 38.1 Å². The highest BCUT2D eigenvalue weighted by atomic mass is 32.1. The molecule has 92 valence electrons. The Bertz CT molecular complexity index is 468. The lowest BCUT2D eigenvalue weighted by atomic mass is 10.2. The quantitative estimate of drug-likeness (QED) is 0.825. The van der Waals surface area contributed by atoms with Crippen molar-refractivity contribution in [2.75, 3.05) is 6.54 Å². The van der Waals surface area contributed by atoms with Crippen LogP contribution in [0.3, 0.4) is 0 Å². The first-order chi connectivity index (χ1) is 8.22. The van der Waals surface area contributed by atoms with Gasteiger partial charge in [0.05, 0.1) is 4.88 Å². The summed E-state index contributed by atoms with van der Waals surface area (Å²) < 4.78 is 5.51. The number of rotatable bonds is 5. The molecule has 2 rings (SSSR count). The van der Waals surface area contributed by atoms with Gasteiger partial charge in [-0.1, -0.05) is 6.92 Å². The summed E-state index contributed by atoms with van der Waals surface area (Å²) in [6.07, 6.45) is 2.66. The van der Waals surface area contributed by atoms with Gasteiger partial charge in [-0.25, -0.2) is 4.98 Å². The lowest BCUT2D eigenvalue weighted by molar-refractivity contribution is 0.570. The van der Waals surface area contributed by atoms with Crippen molar-refractivity contribution in [1.29, 1.82) is 0 Å². The van der Waals surface area contributed by atoms with E-state index in [4.69, 9.17) is 4.42 Å². The van der Waals surface area contributed by atoms with Crippen LogP contribution >= 0.6 is 11.3 Å². The fraction of sp³-hybridized carbons (Fsp3) is 0.462. The smallest absolute Gasteiger partial charge is 0.181 e. The second-order valence-corrected chi connectivity index (χ2v) is 5.41. The van der Waals surface area contributed by atoms with Crippen LogP contribution in [0, 0.1) is 13.8 Å². The molecule has 0 atom stereocenters. The summed E-state index contributed by atoms with van der Waals surface area (Å²) in [5, 5.41) is 3.35. The Balaban J connectivity index is 2.18. The van der Waals surface area contributed by atoms with Gasteiger partial charge in [-0.15, -0.1) is 11.3 Å². The number of hydrogen-bond acceptors (Lipinski definition) is 4. The zero-order chi connectivity index (χ0) is 12.3. The standard InChI is InChI=1S/C13H18N2OS/c1-4-5-14-7-11-13(16-8-15-11)12-6-9(2)10(3)17-12/h6,8,14H,4-5,7H2,1-3H3. The zero-order valence-corrected chi connectivity index (χ0v) is 11.4. The van der Waals surface area contributed by atoms with Crippen LogP contribution in [0.4, 0.5) is 0 Å². The Morgan fingerprint density at radius 3 is 2.88 bits per heavy atom.